The van der Waals surface area contributed by atoms with Crippen LogP contribution in [0.4, 0.5) is 0 Å². The van der Waals surface area contributed by atoms with Crippen molar-refractivity contribution in [2.45, 2.75) is 18.4 Å². The van der Waals surface area contributed by atoms with E-state index in [0.717, 1.165) is 11.1 Å². The Morgan fingerprint density at radius 1 is 1.06 bits per heavy atom. The van der Waals surface area contributed by atoms with Gasteiger partial charge in [0.1, 0.15) is 12.4 Å². The Labute approximate surface area is 192 Å². The summed E-state index contributed by atoms with van der Waals surface area (Å²) < 4.78 is 32.4. The minimum absolute atomic E-state index is 0.0924. The third kappa shape index (κ3) is 7.19. The molecule has 2 N–H and O–H groups in total. The summed E-state index contributed by atoms with van der Waals surface area (Å²) in [7, 11) is -3.77. The first kappa shape index (κ1) is 23.5. The molecule has 3 rings (SSSR count). The van der Waals surface area contributed by atoms with Gasteiger partial charge in [-0.15, -0.1) is 0 Å². The number of aryl methyl sites for hydroxylation is 1. The van der Waals surface area contributed by atoms with Crippen LogP contribution in [-0.4, -0.2) is 27.1 Å². The van der Waals surface area contributed by atoms with Crippen LogP contribution in [0.25, 0.3) is 0 Å². The van der Waals surface area contributed by atoms with Crippen molar-refractivity contribution in [3.05, 3.63) is 94.5 Å². The fourth-order valence-corrected chi connectivity index (χ4v) is 3.72. The fraction of sp³-hybridized carbons (Fsp3) is 0.130. The van der Waals surface area contributed by atoms with Crippen LogP contribution in [0.2, 0.25) is 5.02 Å². The summed E-state index contributed by atoms with van der Waals surface area (Å²) in [5.74, 6) is 0.0492. The highest BCUT2D eigenvalue weighted by Crippen LogP contribution is 2.16. The van der Waals surface area contributed by atoms with E-state index in [4.69, 9.17) is 16.3 Å². The maximum atomic E-state index is 12.2. The van der Waals surface area contributed by atoms with Crippen molar-refractivity contribution >= 4 is 33.7 Å². The van der Waals surface area contributed by atoms with E-state index in [2.05, 4.69) is 15.2 Å². The van der Waals surface area contributed by atoms with Crippen molar-refractivity contribution < 1.29 is 17.9 Å². The van der Waals surface area contributed by atoms with E-state index in [-0.39, 0.29) is 4.90 Å². The quantitative estimate of drug-likeness (QED) is 0.367. The molecule has 0 bridgehead atoms. The molecule has 0 radical (unpaired) electrons. The number of sulfonamides is 1. The molecular formula is C23H22ClN3O4S. The van der Waals surface area contributed by atoms with Crippen LogP contribution in [-0.2, 0) is 21.4 Å². The zero-order valence-electron chi connectivity index (χ0n) is 17.3. The molecule has 0 heterocycles. The fourth-order valence-electron chi connectivity index (χ4n) is 2.61. The van der Waals surface area contributed by atoms with Gasteiger partial charge in [-0.1, -0.05) is 53.6 Å². The SMILES string of the molecule is Cc1ccc(S(=O)(=O)NCC(=O)N/N=C/c2cccc(OCc3ccc(Cl)cc3)c2)cc1. The lowest BCUT2D eigenvalue weighted by Gasteiger charge is -2.07. The monoisotopic (exact) mass is 471 g/mol. The van der Waals surface area contributed by atoms with Crippen LogP contribution < -0.4 is 14.9 Å². The third-order valence-corrected chi connectivity index (χ3v) is 6.00. The van der Waals surface area contributed by atoms with Crippen LogP contribution in [0, 0.1) is 6.92 Å². The van der Waals surface area contributed by atoms with E-state index in [1.807, 2.05) is 25.1 Å². The molecule has 0 atom stereocenters. The first-order valence-electron chi connectivity index (χ1n) is 9.67. The van der Waals surface area contributed by atoms with Gasteiger partial charge in [0.25, 0.3) is 5.91 Å². The standard InChI is InChI=1S/C23H22ClN3O4S/c1-17-5-11-22(12-6-17)32(29,30)26-15-23(28)27-25-14-19-3-2-4-21(13-19)31-16-18-7-9-20(24)10-8-18/h2-14,26H,15-16H2,1H3,(H,27,28)/b25-14+. The summed E-state index contributed by atoms with van der Waals surface area (Å²) in [6.07, 6.45) is 1.45. The number of nitrogens with one attached hydrogen (secondary N) is 2. The Balaban J connectivity index is 1.48. The molecule has 0 aliphatic rings. The Morgan fingerprint density at radius 3 is 2.50 bits per heavy atom. The molecule has 0 aromatic heterocycles. The van der Waals surface area contributed by atoms with Gasteiger partial charge < -0.3 is 4.74 Å². The number of hydrogen-bond acceptors (Lipinski definition) is 5. The molecule has 0 aliphatic heterocycles. The molecule has 166 valence electrons. The Bertz CT molecular complexity index is 1190. The van der Waals surface area contributed by atoms with Crippen LogP contribution in [0.15, 0.2) is 82.8 Å². The summed E-state index contributed by atoms with van der Waals surface area (Å²) in [6.45, 7) is 1.81. The van der Waals surface area contributed by atoms with E-state index in [1.165, 1.54) is 18.3 Å². The molecule has 1 amide bonds. The Hall–Kier alpha value is -3.20. The number of rotatable bonds is 9. The number of halogens is 1. The molecule has 0 saturated heterocycles. The lowest BCUT2D eigenvalue weighted by atomic mass is 10.2. The summed E-state index contributed by atoms with van der Waals surface area (Å²) >= 11 is 5.88. The van der Waals surface area contributed by atoms with Crippen molar-refractivity contribution in [1.29, 1.82) is 0 Å². The van der Waals surface area contributed by atoms with Gasteiger partial charge in [0, 0.05) is 5.02 Å². The number of benzene rings is 3. The predicted molar refractivity (Wildman–Crippen MR) is 124 cm³/mol. The largest absolute Gasteiger partial charge is 0.489 e. The van der Waals surface area contributed by atoms with Gasteiger partial charge in [-0.3, -0.25) is 4.79 Å². The topological polar surface area (TPSA) is 96.9 Å². The molecule has 3 aromatic carbocycles. The third-order valence-electron chi connectivity index (χ3n) is 4.33. The van der Waals surface area contributed by atoms with Crippen LogP contribution in [0.5, 0.6) is 5.75 Å². The van der Waals surface area contributed by atoms with Gasteiger partial charge in [-0.05, 0) is 54.4 Å². The molecule has 0 unspecified atom stereocenters. The second-order valence-electron chi connectivity index (χ2n) is 6.92. The minimum Gasteiger partial charge on any atom is -0.489 e. The van der Waals surface area contributed by atoms with Crippen LogP contribution in [0.1, 0.15) is 16.7 Å². The van der Waals surface area contributed by atoms with Crippen LogP contribution in [0.3, 0.4) is 0 Å². The van der Waals surface area contributed by atoms with Crippen molar-refractivity contribution in [3.8, 4) is 5.75 Å². The smallest absolute Gasteiger partial charge is 0.255 e. The lowest BCUT2D eigenvalue weighted by molar-refractivity contribution is -0.119. The highest BCUT2D eigenvalue weighted by atomic mass is 35.5. The average molecular weight is 472 g/mol. The summed E-state index contributed by atoms with van der Waals surface area (Å²) in [5, 5.41) is 4.53. The predicted octanol–water partition coefficient (Wildman–Crippen LogP) is 3.66. The zero-order valence-corrected chi connectivity index (χ0v) is 18.9. The molecular weight excluding hydrogens is 450 g/mol. The highest BCUT2D eigenvalue weighted by molar-refractivity contribution is 7.89. The maximum absolute atomic E-state index is 12.2. The number of ether oxygens (including phenoxy) is 1. The van der Waals surface area contributed by atoms with E-state index >= 15 is 0 Å². The average Bonchev–Trinajstić information content (AvgIpc) is 2.78. The zero-order chi connectivity index (χ0) is 23.0. The molecule has 9 heteroatoms. The minimum atomic E-state index is -3.77. The first-order valence-corrected chi connectivity index (χ1v) is 11.5. The van der Waals surface area contributed by atoms with Crippen molar-refractivity contribution in [2.24, 2.45) is 5.10 Å². The Morgan fingerprint density at radius 2 is 1.78 bits per heavy atom. The van der Waals surface area contributed by atoms with Gasteiger partial charge >= 0.3 is 0 Å². The maximum Gasteiger partial charge on any atom is 0.255 e. The summed E-state index contributed by atoms with van der Waals surface area (Å²) in [6, 6.07) is 20.9. The number of hydrogen-bond donors (Lipinski definition) is 2. The van der Waals surface area contributed by atoms with E-state index < -0.39 is 22.5 Å². The number of amides is 1. The normalized spacial score (nSPS) is 11.4. The molecule has 0 fully saturated rings. The number of carbonyl (C=O) groups excluding carboxylic acids is 1. The number of hydrazone groups is 1. The van der Waals surface area contributed by atoms with Gasteiger partial charge in [0.2, 0.25) is 10.0 Å². The highest BCUT2D eigenvalue weighted by Gasteiger charge is 2.14. The molecule has 0 saturated carbocycles. The van der Waals surface area contributed by atoms with Crippen LogP contribution >= 0.6 is 11.6 Å². The number of carbonyl (C=O) groups is 1. The van der Waals surface area contributed by atoms with Gasteiger partial charge in [-0.25, -0.2) is 18.6 Å². The van der Waals surface area contributed by atoms with E-state index in [0.29, 0.717) is 22.9 Å². The number of nitrogens with zero attached hydrogens (tertiary/aromatic N) is 1. The van der Waals surface area contributed by atoms with Gasteiger partial charge in [-0.2, -0.15) is 5.10 Å². The molecule has 7 nitrogen and oxygen atoms in total. The summed E-state index contributed by atoms with van der Waals surface area (Å²) in [4.78, 5) is 12.0. The second-order valence-corrected chi connectivity index (χ2v) is 9.12. The lowest BCUT2D eigenvalue weighted by Crippen LogP contribution is -2.34. The van der Waals surface area contributed by atoms with E-state index in [1.54, 1.807) is 42.5 Å². The van der Waals surface area contributed by atoms with Crippen molar-refractivity contribution in [1.82, 2.24) is 10.1 Å². The molecule has 0 aliphatic carbocycles. The Kier molecular flexibility index (Phi) is 7.99. The molecule has 3 aromatic rings. The second kappa shape index (κ2) is 10.9. The van der Waals surface area contributed by atoms with Crippen molar-refractivity contribution in [2.75, 3.05) is 6.54 Å². The summed E-state index contributed by atoms with van der Waals surface area (Å²) in [5.41, 5.74) is 4.93. The van der Waals surface area contributed by atoms with Crippen molar-refractivity contribution in [3.63, 3.8) is 0 Å². The molecule has 32 heavy (non-hydrogen) atoms. The van der Waals surface area contributed by atoms with Gasteiger partial charge in [0.15, 0.2) is 0 Å². The molecule has 0 spiro atoms. The van der Waals surface area contributed by atoms with E-state index in [9.17, 15) is 13.2 Å². The first-order chi connectivity index (χ1) is 15.3. The van der Waals surface area contributed by atoms with Gasteiger partial charge in [0.05, 0.1) is 17.7 Å².